The zero-order chi connectivity index (χ0) is 13.7. The van der Waals surface area contributed by atoms with Gasteiger partial charge in [0.05, 0.1) is 5.70 Å². The summed E-state index contributed by atoms with van der Waals surface area (Å²) in [6.45, 7) is 3.57. The first-order valence-corrected chi connectivity index (χ1v) is 6.29. The lowest BCUT2D eigenvalue weighted by molar-refractivity contribution is 0.207. The van der Waals surface area contributed by atoms with Gasteiger partial charge in [-0.2, -0.15) is 10.5 Å². The van der Waals surface area contributed by atoms with Gasteiger partial charge in [-0.3, -0.25) is 0 Å². The van der Waals surface area contributed by atoms with E-state index in [0.717, 1.165) is 37.4 Å². The first-order valence-electron chi connectivity index (χ1n) is 6.29. The second-order valence-electron chi connectivity index (χ2n) is 4.60. The Balaban J connectivity index is 2.40. The van der Waals surface area contributed by atoms with Gasteiger partial charge in [0, 0.05) is 26.2 Å². The van der Waals surface area contributed by atoms with Gasteiger partial charge < -0.3 is 9.80 Å². The molecule has 0 radical (unpaired) electrons. The average Bonchev–Trinajstić information content (AvgIpc) is 2.47. The van der Waals surface area contributed by atoms with Crippen LogP contribution in [0.1, 0.15) is 5.56 Å². The molecule has 0 atom stereocenters. The van der Waals surface area contributed by atoms with Crippen molar-refractivity contribution in [2.24, 2.45) is 0 Å². The van der Waals surface area contributed by atoms with Crippen molar-refractivity contribution in [2.45, 2.75) is 0 Å². The highest BCUT2D eigenvalue weighted by atomic mass is 15.3. The van der Waals surface area contributed by atoms with Crippen LogP contribution in [0.4, 0.5) is 0 Å². The van der Waals surface area contributed by atoms with Gasteiger partial charge in [-0.1, -0.05) is 30.3 Å². The molecule has 1 aromatic carbocycles. The van der Waals surface area contributed by atoms with E-state index < -0.39 is 0 Å². The lowest BCUT2D eigenvalue weighted by Gasteiger charge is -2.35. The molecule has 96 valence electrons. The van der Waals surface area contributed by atoms with E-state index in [1.54, 1.807) is 0 Å². The van der Waals surface area contributed by atoms with Crippen molar-refractivity contribution in [1.82, 2.24) is 9.80 Å². The molecule has 1 aromatic rings. The number of hydrogen-bond acceptors (Lipinski definition) is 4. The van der Waals surface area contributed by atoms with Crippen LogP contribution in [-0.2, 0) is 0 Å². The van der Waals surface area contributed by atoms with Gasteiger partial charge in [-0.15, -0.1) is 0 Å². The number of hydrogen-bond donors (Lipinski definition) is 0. The molecule has 2 rings (SSSR count). The quantitative estimate of drug-likeness (QED) is 0.752. The van der Waals surface area contributed by atoms with Gasteiger partial charge in [-0.25, -0.2) is 0 Å². The minimum Gasteiger partial charge on any atom is -0.367 e. The normalized spacial score (nSPS) is 15.4. The van der Waals surface area contributed by atoms with E-state index in [4.69, 9.17) is 0 Å². The van der Waals surface area contributed by atoms with Crippen molar-refractivity contribution in [3.05, 3.63) is 41.5 Å². The molecular weight excluding hydrogens is 236 g/mol. The Hall–Kier alpha value is -2.30. The highest BCUT2D eigenvalue weighted by Gasteiger charge is 2.20. The highest BCUT2D eigenvalue weighted by molar-refractivity contribution is 5.74. The predicted octanol–water partition coefficient (Wildman–Crippen LogP) is 1.69. The van der Waals surface area contributed by atoms with Gasteiger partial charge in [0.15, 0.2) is 5.57 Å². The molecule has 1 heterocycles. The van der Waals surface area contributed by atoms with E-state index in [-0.39, 0.29) is 5.57 Å². The van der Waals surface area contributed by atoms with Crippen LogP contribution in [0.2, 0.25) is 0 Å². The zero-order valence-electron chi connectivity index (χ0n) is 11.0. The number of rotatable bonds is 2. The summed E-state index contributed by atoms with van der Waals surface area (Å²) in [5.41, 5.74) is 1.89. The predicted molar refractivity (Wildman–Crippen MR) is 73.7 cm³/mol. The molecule has 0 bridgehead atoms. The number of allylic oxidation sites excluding steroid dienone is 1. The van der Waals surface area contributed by atoms with Crippen LogP contribution >= 0.6 is 0 Å². The Bertz CT molecular complexity index is 524. The summed E-state index contributed by atoms with van der Waals surface area (Å²) < 4.78 is 0. The second-order valence-corrected chi connectivity index (χ2v) is 4.60. The van der Waals surface area contributed by atoms with E-state index >= 15 is 0 Å². The largest absolute Gasteiger partial charge is 0.367 e. The molecule has 1 saturated heterocycles. The summed E-state index contributed by atoms with van der Waals surface area (Å²) in [4.78, 5) is 4.38. The molecule has 4 nitrogen and oxygen atoms in total. The van der Waals surface area contributed by atoms with Crippen molar-refractivity contribution in [3.63, 3.8) is 0 Å². The summed E-state index contributed by atoms with van der Waals surface area (Å²) in [5, 5.41) is 18.3. The lowest BCUT2D eigenvalue weighted by Crippen LogP contribution is -2.43. The van der Waals surface area contributed by atoms with Crippen molar-refractivity contribution in [3.8, 4) is 12.1 Å². The average molecular weight is 252 g/mol. The lowest BCUT2D eigenvalue weighted by atomic mass is 10.1. The van der Waals surface area contributed by atoms with E-state index in [1.807, 2.05) is 42.5 Å². The summed E-state index contributed by atoms with van der Waals surface area (Å²) in [7, 11) is 2.08. The van der Waals surface area contributed by atoms with Gasteiger partial charge in [0.25, 0.3) is 0 Å². The topological polar surface area (TPSA) is 54.1 Å². The third-order valence-electron chi connectivity index (χ3n) is 3.33. The van der Waals surface area contributed by atoms with Crippen molar-refractivity contribution in [2.75, 3.05) is 33.2 Å². The van der Waals surface area contributed by atoms with E-state index in [2.05, 4.69) is 16.8 Å². The minimum absolute atomic E-state index is 0.191. The molecular formula is C15H16N4. The first-order chi connectivity index (χ1) is 9.26. The van der Waals surface area contributed by atoms with Gasteiger partial charge in [-0.05, 0) is 12.6 Å². The molecule has 0 amide bonds. The Labute approximate surface area is 113 Å². The number of benzene rings is 1. The smallest absolute Gasteiger partial charge is 0.153 e. The molecule has 0 unspecified atom stereocenters. The third-order valence-corrected chi connectivity index (χ3v) is 3.33. The van der Waals surface area contributed by atoms with Crippen LogP contribution in [-0.4, -0.2) is 43.0 Å². The van der Waals surface area contributed by atoms with Crippen LogP contribution < -0.4 is 0 Å². The molecule has 0 saturated carbocycles. The maximum absolute atomic E-state index is 9.17. The fraction of sp³-hybridized carbons (Fsp3) is 0.333. The molecule has 0 aliphatic carbocycles. The van der Waals surface area contributed by atoms with Crippen LogP contribution in [0.5, 0.6) is 0 Å². The van der Waals surface area contributed by atoms with Crippen LogP contribution in [0.3, 0.4) is 0 Å². The molecule has 1 fully saturated rings. The maximum Gasteiger partial charge on any atom is 0.153 e. The summed E-state index contributed by atoms with van der Waals surface area (Å²) in [6.07, 6.45) is 0. The fourth-order valence-corrected chi connectivity index (χ4v) is 2.24. The van der Waals surface area contributed by atoms with Crippen LogP contribution in [0.15, 0.2) is 35.9 Å². The van der Waals surface area contributed by atoms with Crippen molar-refractivity contribution < 1.29 is 0 Å². The van der Waals surface area contributed by atoms with Gasteiger partial charge >= 0.3 is 0 Å². The Morgan fingerprint density at radius 3 is 2.11 bits per heavy atom. The first kappa shape index (κ1) is 13.1. The zero-order valence-corrected chi connectivity index (χ0v) is 11.0. The SMILES string of the molecule is CN1CCN(C(=C(C#N)C#N)c2ccccc2)CC1. The van der Waals surface area contributed by atoms with Gasteiger partial charge in [0.2, 0.25) is 0 Å². The van der Waals surface area contributed by atoms with Gasteiger partial charge in [0.1, 0.15) is 12.1 Å². The summed E-state index contributed by atoms with van der Waals surface area (Å²) in [5.74, 6) is 0. The van der Waals surface area contributed by atoms with Crippen LogP contribution in [0.25, 0.3) is 5.70 Å². The minimum atomic E-state index is 0.191. The molecule has 4 heteroatoms. The number of likely N-dealkylation sites (N-methyl/N-ethyl adjacent to an activating group) is 1. The molecule has 0 spiro atoms. The van der Waals surface area contributed by atoms with Crippen molar-refractivity contribution >= 4 is 5.70 Å². The molecule has 1 aliphatic heterocycles. The summed E-state index contributed by atoms with van der Waals surface area (Å²) in [6, 6.07) is 13.7. The number of nitriles is 2. The third kappa shape index (κ3) is 2.93. The van der Waals surface area contributed by atoms with Crippen LogP contribution in [0, 0.1) is 22.7 Å². The molecule has 19 heavy (non-hydrogen) atoms. The molecule has 0 aromatic heterocycles. The number of piperazine rings is 1. The second kappa shape index (κ2) is 6.04. The molecule has 0 N–H and O–H groups in total. The maximum atomic E-state index is 9.17. The van der Waals surface area contributed by atoms with E-state index in [9.17, 15) is 10.5 Å². The summed E-state index contributed by atoms with van der Waals surface area (Å²) >= 11 is 0. The van der Waals surface area contributed by atoms with E-state index in [1.165, 1.54) is 0 Å². The molecule has 1 aliphatic rings. The highest BCUT2D eigenvalue weighted by Crippen LogP contribution is 2.24. The Morgan fingerprint density at radius 1 is 1.00 bits per heavy atom. The Kier molecular flexibility index (Phi) is 4.18. The monoisotopic (exact) mass is 252 g/mol. The van der Waals surface area contributed by atoms with E-state index in [0.29, 0.717) is 0 Å². The van der Waals surface area contributed by atoms with Crippen molar-refractivity contribution in [1.29, 1.82) is 10.5 Å². The Morgan fingerprint density at radius 2 is 1.58 bits per heavy atom. The standard InChI is InChI=1S/C15H16N4/c1-18-7-9-19(10-8-18)15(14(11-16)12-17)13-5-3-2-4-6-13/h2-6H,7-10H2,1H3. The number of nitrogens with zero attached hydrogens (tertiary/aromatic N) is 4. The fourth-order valence-electron chi connectivity index (χ4n) is 2.24.